The third-order valence-electron chi connectivity index (χ3n) is 3.84. The van der Waals surface area contributed by atoms with Crippen LogP contribution in [0.25, 0.3) is 10.2 Å². The van der Waals surface area contributed by atoms with E-state index in [4.69, 9.17) is 18.9 Å². The fourth-order valence-corrected chi connectivity index (χ4v) is 3.42. The number of thiazole rings is 1. The Labute approximate surface area is 171 Å². The van der Waals surface area contributed by atoms with Gasteiger partial charge in [0.1, 0.15) is 17.2 Å². The van der Waals surface area contributed by atoms with E-state index in [2.05, 4.69) is 10.3 Å². The van der Waals surface area contributed by atoms with Crippen LogP contribution in [0.2, 0.25) is 0 Å². The van der Waals surface area contributed by atoms with E-state index >= 15 is 0 Å². The number of carbonyl (C=O) groups is 2. The molecule has 0 fully saturated rings. The van der Waals surface area contributed by atoms with E-state index in [0.717, 1.165) is 16.0 Å². The Balaban J connectivity index is 1.61. The second-order valence-corrected chi connectivity index (χ2v) is 6.84. The van der Waals surface area contributed by atoms with Crippen LogP contribution in [0.1, 0.15) is 17.3 Å². The predicted molar refractivity (Wildman–Crippen MR) is 109 cm³/mol. The first kappa shape index (κ1) is 20.4. The third kappa shape index (κ3) is 5.14. The Kier molecular flexibility index (Phi) is 6.50. The summed E-state index contributed by atoms with van der Waals surface area (Å²) in [6.07, 6.45) is 0. The van der Waals surface area contributed by atoms with Crippen molar-refractivity contribution in [1.29, 1.82) is 0 Å². The standard InChI is InChI=1S/C20H20N2O6S/c1-4-27-13-5-6-16-17(10-13)29-20(21-16)22-18(23)11-28-19(24)12-7-14(25-2)9-15(8-12)26-3/h5-10H,4,11H2,1-3H3,(H,21,22,23). The smallest absolute Gasteiger partial charge is 0.338 e. The van der Waals surface area contributed by atoms with E-state index in [1.165, 1.54) is 37.7 Å². The lowest BCUT2D eigenvalue weighted by Gasteiger charge is -2.08. The minimum absolute atomic E-state index is 0.220. The summed E-state index contributed by atoms with van der Waals surface area (Å²) in [7, 11) is 2.96. The first-order valence-electron chi connectivity index (χ1n) is 8.75. The molecule has 1 aromatic heterocycles. The largest absolute Gasteiger partial charge is 0.497 e. The number of hydrogen-bond donors (Lipinski definition) is 1. The summed E-state index contributed by atoms with van der Waals surface area (Å²) in [6.45, 7) is 2.03. The van der Waals surface area contributed by atoms with Crippen LogP contribution in [0.15, 0.2) is 36.4 Å². The summed E-state index contributed by atoms with van der Waals surface area (Å²) in [5.74, 6) is 0.479. The van der Waals surface area contributed by atoms with Gasteiger partial charge in [-0.1, -0.05) is 11.3 Å². The van der Waals surface area contributed by atoms with Crippen molar-refractivity contribution in [1.82, 2.24) is 4.98 Å². The van der Waals surface area contributed by atoms with Crippen LogP contribution >= 0.6 is 11.3 Å². The summed E-state index contributed by atoms with van der Waals surface area (Å²) >= 11 is 1.31. The van der Waals surface area contributed by atoms with Gasteiger partial charge in [-0.05, 0) is 37.3 Å². The fourth-order valence-electron chi connectivity index (χ4n) is 2.51. The molecule has 0 aliphatic carbocycles. The van der Waals surface area contributed by atoms with Crippen LogP contribution in [-0.4, -0.2) is 44.3 Å². The maximum Gasteiger partial charge on any atom is 0.338 e. The molecule has 1 N–H and O–H groups in total. The lowest BCUT2D eigenvalue weighted by molar-refractivity contribution is -0.119. The number of nitrogens with one attached hydrogen (secondary N) is 1. The maximum absolute atomic E-state index is 12.2. The first-order valence-corrected chi connectivity index (χ1v) is 9.57. The molecule has 0 unspecified atom stereocenters. The van der Waals surface area contributed by atoms with Crippen LogP contribution in [0.3, 0.4) is 0 Å². The minimum Gasteiger partial charge on any atom is -0.497 e. The number of methoxy groups -OCH3 is 2. The van der Waals surface area contributed by atoms with E-state index in [1.54, 1.807) is 6.07 Å². The van der Waals surface area contributed by atoms with E-state index in [0.29, 0.717) is 23.2 Å². The number of carbonyl (C=O) groups excluding carboxylic acids is 2. The molecule has 1 heterocycles. The topological polar surface area (TPSA) is 96.0 Å². The lowest BCUT2D eigenvalue weighted by Crippen LogP contribution is -2.20. The zero-order chi connectivity index (χ0) is 20.8. The molecule has 0 radical (unpaired) electrons. The van der Waals surface area contributed by atoms with Gasteiger partial charge in [0.2, 0.25) is 0 Å². The van der Waals surface area contributed by atoms with Crippen molar-refractivity contribution in [3.63, 3.8) is 0 Å². The van der Waals surface area contributed by atoms with Gasteiger partial charge in [-0.3, -0.25) is 10.1 Å². The molecule has 3 aromatic rings. The van der Waals surface area contributed by atoms with Gasteiger partial charge in [-0.25, -0.2) is 9.78 Å². The van der Waals surface area contributed by atoms with Gasteiger partial charge in [-0.15, -0.1) is 0 Å². The van der Waals surface area contributed by atoms with Crippen molar-refractivity contribution in [2.45, 2.75) is 6.92 Å². The van der Waals surface area contributed by atoms with Crippen LogP contribution in [0, 0.1) is 0 Å². The van der Waals surface area contributed by atoms with Gasteiger partial charge in [-0.2, -0.15) is 0 Å². The average molecular weight is 416 g/mol. The van der Waals surface area contributed by atoms with Gasteiger partial charge >= 0.3 is 5.97 Å². The molecule has 0 aliphatic rings. The summed E-state index contributed by atoms with van der Waals surface area (Å²) in [4.78, 5) is 28.7. The Morgan fingerprint density at radius 2 is 1.76 bits per heavy atom. The molecule has 152 valence electrons. The molecule has 9 heteroatoms. The van der Waals surface area contributed by atoms with Crippen LogP contribution in [-0.2, 0) is 9.53 Å². The highest BCUT2D eigenvalue weighted by atomic mass is 32.1. The Hall–Kier alpha value is -3.33. The van der Waals surface area contributed by atoms with Crippen LogP contribution in [0.5, 0.6) is 17.2 Å². The number of hydrogen-bond acceptors (Lipinski definition) is 8. The summed E-state index contributed by atoms with van der Waals surface area (Å²) < 4.78 is 21.7. The van der Waals surface area contributed by atoms with Gasteiger partial charge < -0.3 is 18.9 Å². The summed E-state index contributed by atoms with van der Waals surface area (Å²) in [6, 6.07) is 10.2. The quantitative estimate of drug-likeness (QED) is 0.561. The molecule has 1 amide bonds. The number of fused-ring (bicyclic) bond motifs is 1. The average Bonchev–Trinajstić information content (AvgIpc) is 3.13. The highest BCUT2D eigenvalue weighted by Gasteiger charge is 2.14. The highest BCUT2D eigenvalue weighted by Crippen LogP contribution is 2.29. The molecule has 0 saturated heterocycles. The molecule has 0 atom stereocenters. The van der Waals surface area contributed by atoms with Crippen LogP contribution < -0.4 is 19.5 Å². The van der Waals surface area contributed by atoms with E-state index in [-0.39, 0.29) is 5.56 Å². The van der Waals surface area contributed by atoms with Crippen molar-refractivity contribution < 1.29 is 28.5 Å². The molecular formula is C20H20N2O6S. The summed E-state index contributed by atoms with van der Waals surface area (Å²) in [5, 5.41) is 3.05. The highest BCUT2D eigenvalue weighted by molar-refractivity contribution is 7.22. The molecule has 29 heavy (non-hydrogen) atoms. The second kappa shape index (κ2) is 9.24. The summed E-state index contributed by atoms with van der Waals surface area (Å²) in [5.41, 5.74) is 0.965. The normalized spacial score (nSPS) is 10.4. The molecule has 3 rings (SSSR count). The number of esters is 1. The lowest BCUT2D eigenvalue weighted by atomic mass is 10.2. The number of benzene rings is 2. The molecule has 0 aliphatic heterocycles. The maximum atomic E-state index is 12.2. The zero-order valence-corrected chi connectivity index (χ0v) is 17.0. The minimum atomic E-state index is -0.664. The monoisotopic (exact) mass is 416 g/mol. The molecule has 2 aromatic carbocycles. The third-order valence-corrected chi connectivity index (χ3v) is 4.77. The second-order valence-electron chi connectivity index (χ2n) is 5.81. The van der Waals surface area contributed by atoms with E-state index in [1.807, 2.05) is 25.1 Å². The number of nitrogens with zero attached hydrogens (tertiary/aromatic N) is 1. The van der Waals surface area contributed by atoms with Crippen LogP contribution in [0.4, 0.5) is 5.13 Å². The number of anilines is 1. The van der Waals surface area contributed by atoms with Gasteiger partial charge in [0, 0.05) is 6.07 Å². The Morgan fingerprint density at radius 1 is 1.03 bits per heavy atom. The predicted octanol–water partition coefficient (Wildman–Crippen LogP) is 3.51. The molecule has 0 spiro atoms. The number of ether oxygens (including phenoxy) is 4. The van der Waals surface area contributed by atoms with Crippen molar-refractivity contribution in [2.75, 3.05) is 32.8 Å². The van der Waals surface area contributed by atoms with Gasteiger partial charge in [0.05, 0.1) is 36.6 Å². The molecule has 0 bridgehead atoms. The zero-order valence-electron chi connectivity index (χ0n) is 16.2. The van der Waals surface area contributed by atoms with E-state index < -0.39 is 18.5 Å². The van der Waals surface area contributed by atoms with Gasteiger partial charge in [0.15, 0.2) is 11.7 Å². The number of aromatic nitrogens is 1. The van der Waals surface area contributed by atoms with E-state index in [9.17, 15) is 9.59 Å². The fraction of sp³-hybridized carbons (Fsp3) is 0.250. The first-order chi connectivity index (χ1) is 14.0. The van der Waals surface area contributed by atoms with Crippen molar-refractivity contribution in [3.05, 3.63) is 42.0 Å². The number of rotatable bonds is 8. The number of amides is 1. The van der Waals surface area contributed by atoms with Crippen molar-refractivity contribution >= 4 is 38.6 Å². The Morgan fingerprint density at radius 3 is 2.41 bits per heavy atom. The molecule has 0 saturated carbocycles. The Bertz CT molecular complexity index is 1010. The SMILES string of the molecule is CCOc1ccc2nc(NC(=O)COC(=O)c3cc(OC)cc(OC)c3)sc2c1. The molecule has 8 nitrogen and oxygen atoms in total. The van der Waals surface area contributed by atoms with Gasteiger partial charge in [0.25, 0.3) is 5.91 Å². The van der Waals surface area contributed by atoms with Crippen molar-refractivity contribution in [2.24, 2.45) is 0 Å². The molecular weight excluding hydrogens is 396 g/mol. The van der Waals surface area contributed by atoms with Crippen molar-refractivity contribution in [3.8, 4) is 17.2 Å².